The van der Waals surface area contributed by atoms with E-state index in [1.54, 1.807) is 6.20 Å². The van der Waals surface area contributed by atoms with E-state index in [1.165, 1.54) is 19.3 Å². The van der Waals surface area contributed by atoms with Gasteiger partial charge in [-0.2, -0.15) is 0 Å². The van der Waals surface area contributed by atoms with Crippen LogP contribution in [0.3, 0.4) is 0 Å². The van der Waals surface area contributed by atoms with E-state index in [2.05, 4.69) is 11.9 Å². The van der Waals surface area contributed by atoms with Crippen molar-refractivity contribution in [1.29, 1.82) is 0 Å². The average Bonchev–Trinajstić information content (AvgIpc) is 2.47. The van der Waals surface area contributed by atoms with Gasteiger partial charge < -0.3 is 0 Å². The number of rotatable bonds is 2. The highest BCUT2D eigenvalue weighted by atomic mass is 16.1. The number of ketones is 1. The van der Waals surface area contributed by atoms with E-state index in [9.17, 15) is 4.79 Å². The molecule has 3 rings (SSSR count). The summed E-state index contributed by atoms with van der Waals surface area (Å²) in [5.41, 5.74) is 1.63. The van der Waals surface area contributed by atoms with Crippen LogP contribution < -0.4 is 0 Å². The Balaban J connectivity index is 1.97. The highest BCUT2D eigenvalue weighted by Gasteiger charge is 2.34. The minimum absolute atomic E-state index is 0.159. The summed E-state index contributed by atoms with van der Waals surface area (Å²) in [5.74, 6) is 0.304. The van der Waals surface area contributed by atoms with Gasteiger partial charge in [-0.15, -0.1) is 0 Å². The van der Waals surface area contributed by atoms with Gasteiger partial charge in [-0.25, -0.2) is 0 Å². The van der Waals surface area contributed by atoms with Crippen LogP contribution in [0.5, 0.6) is 0 Å². The maximum atomic E-state index is 12.7. The normalized spacial score (nSPS) is 18.4. The van der Waals surface area contributed by atoms with Crippen LogP contribution in [0.15, 0.2) is 36.5 Å². The molecule has 1 aromatic heterocycles. The van der Waals surface area contributed by atoms with Crippen LogP contribution >= 0.6 is 0 Å². The fourth-order valence-electron chi connectivity index (χ4n) is 3.12. The molecule has 0 saturated heterocycles. The van der Waals surface area contributed by atoms with Gasteiger partial charge >= 0.3 is 0 Å². The fourth-order valence-corrected chi connectivity index (χ4v) is 3.12. The Morgan fingerprint density at radius 1 is 1.16 bits per heavy atom. The minimum atomic E-state index is -0.159. The third-order valence-corrected chi connectivity index (χ3v) is 4.37. The molecule has 0 atom stereocenters. The van der Waals surface area contributed by atoms with Crippen molar-refractivity contribution in [3.05, 3.63) is 42.1 Å². The highest BCUT2D eigenvalue weighted by molar-refractivity contribution is 6.02. The summed E-state index contributed by atoms with van der Waals surface area (Å²) in [6, 6.07) is 9.80. The first kappa shape index (κ1) is 12.3. The molecule has 1 saturated carbocycles. The van der Waals surface area contributed by atoms with Crippen LogP contribution in [0.25, 0.3) is 10.9 Å². The van der Waals surface area contributed by atoms with Crippen molar-refractivity contribution in [2.24, 2.45) is 5.41 Å². The predicted octanol–water partition coefficient (Wildman–Crippen LogP) is 4.39. The van der Waals surface area contributed by atoms with Crippen LogP contribution in [-0.2, 0) is 0 Å². The topological polar surface area (TPSA) is 30.0 Å². The Morgan fingerprint density at radius 2 is 1.95 bits per heavy atom. The minimum Gasteiger partial charge on any atom is -0.294 e. The summed E-state index contributed by atoms with van der Waals surface area (Å²) in [5, 5.41) is 1.05. The number of pyridine rings is 1. The zero-order chi connectivity index (χ0) is 13.3. The number of nitrogens with zero attached hydrogens (tertiary/aromatic N) is 1. The van der Waals surface area contributed by atoms with E-state index in [-0.39, 0.29) is 5.41 Å². The lowest BCUT2D eigenvalue weighted by Gasteiger charge is -2.32. The van der Waals surface area contributed by atoms with Crippen molar-refractivity contribution >= 4 is 16.7 Å². The number of carbonyl (C=O) groups is 1. The molecule has 0 bridgehead atoms. The van der Waals surface area contributed by atoms with E-state index in [1.807, 2.05) is 30.3 Å². The number of hydrogen-bond acceptors (Lipinski definition) is 2. The molecule has 0 amide bonds. The smallest absolute Gasteiger partial charge is 0.168 e. The second-order valence-electron chi connectivity index (χ2n) is 5.86. The number of Topliss-reactive ketones (excluding diaryl/α,β-unsaturated/α-hetero) is 1. The van der Waals surface area contributed by atoms with Crippen LogP contribution in [0.1, 0.15) is 49.4 Å². The Hall–Kier alpha value is -1.70. The second-order valence-corrected chi connectivity index (χ2v) is 5.86. The molecular weight excluding hydrogens is 234 g/mol. The lowest BCUT2D eigenvalue weighted by atomic mass is 9.71. The molecule has 19 heavy (non-hydrogen) atoms. The molecule has 0 N–H and O–H groups in total. The number of benzene rings is 1. The SMILES string of the molecule is CC1(C(=O)c2ccc3ncccc3c2)CCCCC1. The van der Waals surface area contributed by atoms with E-state index < -0.39 is 0 Å². The standard InChI is InChI=1S/C17H19NO/c1-17(9-3-2-4-10-17)16(19)14-7-8-15-13(12-14)6-5-11-18-15/h5-8,11-12H,2-4,9-10H2,1H3. The third kappa shape index (κ3) is 2.27. The number of fused-ring (bicyclic) bond motifs is 1. The monoisotopic (exact) mass is 253 g/mol. The largest absolute Gasteiger partial charge is 0.294 e. The molecule has 0 unspecified atom stereocenters. The molecule has 0 spiro atoms. The zero-order valence-electron chi connectivity index (χ0n) is 11.4. The van der Waals surface area contributed by atoms with E-state index in [0.29, 0.717) is 5.78 Å². The predicted molar refractivity (Wildman–Crippen MR) is 77.3 cm³/mol. The maximum absolute atomic E-state index is 12.7. The van der Waals surface area contributed by atoms with Gasteiger partial charge in [0.2, 0.25) is 0 Å². The first-order valence-corrected chi connectivity index (χ1v) is 7.09. The van der Waals surface area contributed by atoms with E-state index in [4.69, 9.17) is 0 Å². The lowest BCUT2D eigenvalue weighted by Crippen LogP contribution is -2.30. The average molecular weight is 253 g/mol. The summed E-state index contributed by atoms with van der Waals surface area (Å²) in [4.78, 5) is 17.0. The molecule has 2 aromatic rings. The van der Waals surface area contributed by atoms with Crippen LogP contribution in [0.2, 0.25) is 0 Å². The highest BCUT2D eigenvalue weighted by Crippen LogP contribution is 2.38. The van der Waals surface area contributed by atoms with Crippen LogP contribution in [-0.4, -0.2) is 10.8 Å². The number of hydrogen-bond donors (Lipinski definition) is 0. The quantitative estimate of drug-likeness (QED) is 0.743. The molecule has 0 radical (unpaired) electrons. The summed E-state index contributed by atoms with van der Waals surface area (Å²) < 4.78 is 0. The van der Waals surface area contributed by atoms with Crippen molar-refractivity contribution in [1.82, 2.24) is 4.98 Å². The van der Waals surface area contributed by atoms with Crippen LogP contribution in [0.4, 0.5) is 0 Å². The van der Waals surface area contributed by atoms with Crippen LogP contribution in [0, 0.1) is 5.41 Å². The van der Waals surface area contributed by atoms with Gasteiger partial charge in [-0.3, -0.25) is 9.78 Å². The summed E-state index contributed by atoms with van der Waals surface area (Å²) in [6.07, 6.45) is 7.46. The van der Waals surface area contributed by atoms with Crippen molar-refractivity contribution in [2.45, 2.75) is 39.0 Å². The number of aromatic nitrogens is 1. The Morgan fingerprint density at radius 3 is 2.74 bits per heavy atom. The molecule has 1 fully saturated rings. The lowest BCUT2D eigenvalue weighted by molar-refractivity contribution is 0.0749. The second kappa shape index (κ2) is 4.76. The Kier molecular flexibility index (Phi) is 3.09. The Labute approximate surface area is 113 Å². The summed E-state index contributed by atoms with van der Waals surface area (Å²) in [7, 11) is 0. The van der Waals surface area contributed by atoms with E-state index in [0.717, 1.165) is 29.3 Å². The van der Waals surface area contributed by atoms with Crippen molar-refractivity contribution in [3.63, 3.8) is 0 Å². The van der Waals surface area contributed by atoms with Gasteiger partial charge in [-0.1, -0.05) is 32.3 Å². The fraction of sp³-hybridized carbons (Fsp3) is 0.412. The Bertz CT molecular complexity index is 611. The first-order valence-electron chi connectivity index (χ1n) is 7.09. The molecule has 98 valence electrons. The molecule has 1 aliphatic carbocycles. The number of carbonyl (C=O) groups excluding carboxylic acids is 1. The summed E-state index contributed by atoms with van der Waals surface area (Å²) in [6.45, 7) is 2.13. The molecule has 1 aliphatic rings. The van der Waals surface area contributed by atoms with Gasteiger partial charge in [0, 0.05) is 22.6 Å². The molecule has 1 aromatic carbocycles. The zero-order valence-corrected chi connectivity index (χ0v) is 11.4. The molecular formula is C17H19NO. The maximum Gasteiger partial charge on any atom is 0.168 e. The molecule has 2 heteroatoms. The van der Waals surface area contributed by atoms with Gasteiger partial charge in [0.05, 0.1) is 5.52 Å². The van der Waals surface area contributed by atoms with Crippen molar-refractivity contribution in [2.75, 3.05) is 0 Å². The first-order chi connectivity index (χ1) is 9.19. The van der Waals surface area contributed by atoms with Gasteiger partial charge in [0.1, 0.15) is 0 Å². The summed E-state index contributed by atoms with van der Waals surface area (Å²) >= 11 is 0. The molecule has 1 heterocycles. The van der Waals surface area contributed by atoms with Gasteiger partial charge in [0.25, 0.3) is 0 Å². The third-order valence-electron chi connectivity index (χ3n) is 4.37. The molecule has 2 nitrogen and oxygen atoms in total. The van der Waals surface area contributed by atoms with Gasteiger partial charge in [-0.05, 0) is 37.1 Å². The molecule has 0 aliphatic heterocycles. The van der Waals surface area contributed by atoms with Gasteiger partial charge in [0.15, 0.2) is 5.78 Å². The van der Waals surface area contributed by atoms with Crippen molar-refractivity contribution < 1.29 is 4.79 Å². The van der Waals surface area contributed by atoms with Crippen molar-refractivity contribution in [3.8, 4) is 0 Å². The van der Waals surface area contributed by atoms with E-state index >= 15 is 0 Å².